The third-order valence-electron chi connectivity index (χ3n) is 3.93. The molecule has 0 aliphatic heterocycles. The first-order chi connectivity index (χ1) is 9.97. The summed E-state index contributed by atoms with van der Waals surface area (Å²) < 4.78 is 19.3. The van der Waals surface area contributed by atoms with Gasteiger partial charge in [-0.3, -0.25) is 0 Å². The van der Waals surface area contributed by atoms with E-state index in [9.17, 15) is 9.50 Å². The van der Waals surface area contributed by atoms with Gasteiger partial charge in [-0.15, -0.1) is 0 Å². The molecule has 0 heterocycles. The van der Waals surface area contributed by atoms with E-state index < -0.39 is 11.4 Å². The number of benzene rings is 1. The number of rotatable bonds is 7. The summed E-state index contributed by atoms with van der Waals surface area (Å²) in [6.45, 7) is 4.04. The van der Waals surface area contributed by atoms with Gasteiger partial charge in [0.15, 0.2) is 11.6 Å². The smallest absolute Gasteiger partial charge is 0.165 e. The molecule has 2 rings (SSSR count). The SMILES string of the molecule is CC(C)[C@@](O)(CN=[N+]=[N-])c1ccc(F)c(OCC2CC2)c1. The molecule has 0 spiro atoms. The largest absolute Gasteiger partial charge is 0.490 e. The number of aliphatic hydroxyl groups is 1. The Balaban J connectivity index is 2.26. The van der Waals surface area contributed by atoms with E-state index in [1.165, 1.54) is 18.2 Å². The van der Waals surface area contributed by atoms with Crippen molar-refractivity contribution in [1.82, 2.24) is 0 Å². The molecule has 1 atom stereocenters. The normalized spacial score (nSPS) is 17.2. The molecule has 0 saturated heterocycles. The molecule has 0 unspecified atom stereocenters. The summed E-state index contributed by atoms with van der Waals surface area (Å²) in [5.74, 6) is 0.0127. The Labute approximate surface area is 123 Å². The average molecular weight is 293 g/mol. The third-order valence-corrected chi connectivity index (χ3v) is 3.93. The second-order valence-electron chi connectivity index (χ2n) is 5.87. The van der Waals surface area contributed by atoms with Crippen molar-refractivity contribution in [3.63, 3.8) is 0 Å². The van der Waals surface area contributed by atoms with E-state index >= 15 is 0 Å². The lowest BCUT2D eigenvalue weighted by Crippen LogP contribution is -2.35. The molecule has 5 nitrogen and oxygen atoms in total. The van der Waals surface area contributed by atoms with Gasteiger partial charge in [0.2, 0.25) is 0 Å². The summed E-state index contributed by atoms with van der Waals surface area (Å²) in [6, 6.07) is 4.29. The first-order valence-electron chi connectivity index (χ1n) is 7.13. The van der Waals surface area contributed by atoms with Crippen molar-refractivity contribution in [1.29, 1.82) is 0 Å². The van der Waals surface area contributed by atoms with E-state index in [-0.39, 0.29) is 18.2 Å². The molecular weight excluding hydrogens is 273 g/mol. The predicted molar refractivity (Wildman–Crippen MR) is 77.4 cm³/mol. The summed E-state index contributed by atoms with van der Waals surface area (Å²) in [6.07, 6.45) is 2.24. The molecule has 114 valence electrons. The molecule has 1 aromatic carbocycles. The van der Waals surface area contributed by atoms with Crippen LogP contribution < -0.4 is 4.74 Å². The highest BCUT2D eigenvalue weighted by Gasteiger charge is 2.33. The van der Waals surface area contributed by atoms with Crippen LogP contribution in [0.3, 0.4) is 0 Å². The number of hydrogen-bond donors (Lipinski definition) is 1. The number of halogens is 1. The molecule has 0 amide bonds. The van der Waals surface area contributed by atoms with Crippen LogP contribution in [0.15, 0.2) is 23.3 Å². The van der Waals surface area contributed by atoms with E-state index in [0.29, 0.717) is 18.1 Å². The number of ether oxygens (including phenoxy) is 1. The number of azide groups is 1. The maximum atomic E-state index is 13.8. The Morgan fingerprint density at radius 2 is 2.24 bits per heavy atom. The van der Waals surface area contributed by atoms with Gasteiger partial charge >= 0.3 is 0 Å². The van der Waals surface area contributed by atoms with Gasteiger partial charge in [0.1, 0.15) is 0 Å². The van der Waals surface area contributed by atoms with E-state index in [2.05, 4.69) is 10.0 Å². The molecule has 6 heteroatoms. The van der Waals surface area contributed by atoms with Crippen LogP contribution >= 0.6 is 0 Å². The van der Waals surface area contributed by atoms with Crippen molar-refractivity contribution in [2.24, 2.45) is 17.0 Å². The van der Waals surface area contributed by atoms with Crippen LogP contribution in [0, 0.1) is 17.7 Å². The summed E-state index contributed by atoms with van der Waals surface area (Å²) in [7, 11) is 0. The highest BCUT2D eigenvalue weighted by molar-refractivity contribution is 5.34. The van der Waals surface area contributed by atoms with E-state index in [1.54, 1.807) is 0 Å². The van der Waals surface area contributed by atoms with E-state index in [1.807, 2.05) is 13.8 Å². The van der Waals surface area contributed by atoms with Crippen molar-refractivity contribution in [3.8, 4) is 5.75 Å². The first-order valence-corrected chi connectivity index (χ1v) is 7.13. The lowest BCUT2D eigenvalue weighted by molar-refractivity contribution is -0.00129. The summed E-state index contributed by atoms with van der Waals surface area (Å²) in [4.78, 5) is 2.70. The Hall–Kier alpha value is -1.78. The molecule has 1 aliphatic carbocycles. The molecular formula is C15H20FN3O2. The van der Waals surface area contributed by atoms with Crippen LogP contribution in [0.5, 0.6) is 5.75 Å². The van der Waals surface area contributed by atoms with Crippen LogP contribution in [-0.2, 0) is 5.60 Å². The minimum atomic E-state index is -1.34. The average Bonchev–Trinajstić information content (AvgIpc) is 3.27. The predicted octanol–water partition coefficient (Wildman–Crippen LogP) is 3.77. The van der Waals surface area contributed by atoms with Crippen LogP contribution in [0.1, 0.15) is 32.3 Å². The summed E-state index contributed by atoms with van der Waals surface area (Å²) in [5.41, 5.74) is 7.63. The first kappa shape index (κ1) is 15.6. The minimum Gasteiger partial charge on any atom is -0.490 e. The highest BCUT2D eigenvalue weighted by atomic mass is 19.1. The van der Waals surface area contributed by atoms with Crippen LogP contribution in [-0.4, -0.2) is 18.3 Å². The Morgan fingerprint density at radius 1 is 1.52 bits per heavy atom. The quantitative estimate of drug-likeness (QED) is 0.472. The van der Waals surface area contributed by atoms with Gasteiger partial charge in [0, 0.05) is 4.91 Å². The van der Waals surface area contributed by atoms with Crippen LogP contribution in [0.2, 0.25) is 0 Å². The fourth-order valence-corrected chi connectivity index (χ4v) is 2.12. The van der Waals surface area contributed by atoms with Gasteiger partial charge in [0.25, 0.3) is 0 Å². The number of hydrogen-bond acceptors (Lipinski definition) is 3. The fourth-order valence-electron chi connectivity index (χ4n) is 2.12. The van der Waals surface area contributed by atoms with Crippen LogP contribution in [0.4, 0.5) is 4.39 Å². The minimum absolute atomic E-state index is 0.102. The Kier molecular flexibility index (Phi) is 4.70. The topological polar surface area (TPSA) is 78.2 Å². The molecule has 0 bridgehead atoms. The lowest BCUT2D eigenvalue weighted by atomic mass is 9.83. The maximum absolute atomic E-state index is 13.8. The molecule has 21 heavy (non-hydrogen) atoms. The lowest BCUT2D eigenvalue weighted by Gasteiger charge is -2.31. The van der Waals surface area contributed by atoms with Gasteiger partial charge in [0.05, 0.1) is 18.8 Å². The zero-order chi connectivity index (χ0) is 15.5. The molecule has 1 N–H and O–H groups in total. The van der Waals surface area contributed by atoms with Gasteiger partial charge in [-0.1, -0.05) is 25.0 Å². The Morgan fingerprint density at radius 3 is 2.81 bits per heavy atom. The van der Waals surface area contributed by atoms with Crippen molar-refractivity contribution in [2.45, 2.75) is 32.3 Å². The molecule has 0 radical (unpaired) electrons. The van der Waals surface area contributed by atoms with Gasteiger partial charge < -0.3 is 9.84 Å². The van der Waals surface area contributed by atoms with Gasteiger partial charge in [-0.25, -0.2) is 4.39 Å². The van der Waals surface area contributed by atoms with Crippen molar-refractivity contribution < 1.29 is 14.2 Å². The number of nitrogens with zero attached hydrogens (tertiary/aromatic N) is 3. The zero-order valence-electron chi connectivity index (χ0n) is 12.3. The summed E-state index contributed by atoms with van der Waals surface area (Å²) >= 11 is 0. The molecule has 1 saturated carbocycles. The van der Waals surface area contributed by atoms with Crippen molar-refractivity contribution >= 4 is 0 Å². The van der Waals surface area contributed by atoms with Crippen molar-refractivity contribution in [2.75, 3.05) is 13.2 Å². The van der Waals surface area contributed by atoms with Crippen LogP contribution in [0.25, 0.3) is 10.4 Å². The molecule has 1 aromatic rings. The maximum Gasteiger partial charge on any atom is 0.165 e. The second kappa shape index (κ2) is 6.33. The Bertz CT molecular complexity index is 554. The monoisotopic (exact) mass is 293 g/mol. The zero-order valence-corrected chi connectivity index (χ0v) is 12.3. The second-order valence-corrected chi connectivity index (χ2v) is 5.87. The van der Waals surface area contributed by atoms with Gasteiger partial charge in [-0.05, 0) is 47.9 Å². The third kappa shape index (κ3) is 3.65. The highest BCUT2D eigenvalue weighted by Crippen LogP contribution is 2.34. The molecule has 0 aromatic heterocycles. The van der Waals surface area contributed by atoms with E-state index in [0.717, 1.165) is 12.8 Å². The molecule has 1 fully saturated rings. The fraction of sp³-hybridized carbons (Fsp3) is 0.600. The van der Waals surface area contributed by atoms with E-state index in [4.69, 9.17) is 10.3 Å². The molecule has 1 aliphatic rings. The standard InChI is InChI=1S/C15H20FN3O2/c1-10(2)15(20,9-18-19-17)12-5-6-13(16)14(7-12)21-8-11-3-4-11/h5-7,10-11,20H,3-4,8-9H2,1-2H3/t15-/m0/s1. The van der Waals surface area contributed by atoms with Gasteiger partial charge in [-0.2, -0.15) is 0 Å². The summed E-state index contributed by atoms with van der Waals surface area (Å²) in [5, 5.41) is 14.2. The van der Waals surface area contributed by atoms with Crippen molar-refractivity contribution in [3.05, 3.63) is 40.0 Å².